The maximum Gasteiger partial charge on any atom is 0.125 e. The lowest BCUT2D eigenvalue weighted by molar-refractivity contribution is -0.0321. The molecule has 6 heteroatoms. The van der Waals surface area contributed by atoms with Crippen LogP contribution < -0.4 is 0 Å². The first-order valence-electron chi connectivity index (χ1n) is 8.73. The summed E-state index contributed by atoms with van der Waals surface area (Å²) < 4.78 is 19.3. The highest BCUT2D eigenvalue weighted by Crippen LogP contribution is 2.27. The van der Waals surface area contributed by atoms with Crippen LogP contribution in [0.15, 0.2) is 23.0 Å². The quantitative estimate of drug-likeness (QED) is 0.804. The van der Waals surface area contributed by atoms with Crippen molar-refractivity contribution in [2.45, 2.75) is 38.5 Å². The summed E-state index contributed by atoms with van der Waals surface area (Å²) in [5.74, 6) is 0.675. The standard InChI is InChI=1S/C18H24N2O3S/c1-5-21-6-2-14(1)9-20-10-16-3-7-23-17(18(16)19-20)12-22-11-15-4-8-24-13-15/h4,8,10,13-14,17H,1-3,5-7,9,11-12H2/t17-/m0/s1. The largest absolute Gasteiger partial charge is 0.381 e. The maximum atomic E-state index is 5.91. The molecule has 1 saturated heterocycles. The van der Waals surface area contributed by atoms with Gasteiger partial charge in [0, 0.05) is 26.0 Å². The fourth-order valence-electron chi connectivity index (χ4n) is 3.40. The highest BCUT2D eigenvalue weighted by molar-refractivity contribution is 7.07. The molecule has 0 N–H and O–H groups in total. The normalized spacial score (nSPS) is 21.8. The summed E-state index contributed by atoms with van der Waals surface area (Å²) in [4.78, 5) is 0. The molecule has 0 radical (unpaired) electrons. The predicted molar refractivity (Wildman–Crippen MR) is 92.1 cm³/mol. The van der Waals surface area contributed by atoms with Crippen molar-refractivity contribution in [3.8, 4) is 0 Å². The minimum absolute atomic E-state index is 0.0386. The summed E-state index contributed by atoms with van der Waals surface area (Å²) in [6.07, 6.45) is 5.38. The number of aromatic nitrogens is 2. The number of hydrogen-bond acceptors (Lipinski definition) is 5. The Morgan fingerprint density at radius 2 is 2.21 bits per heavy atom. The fourth-order valence-corrected chi connectivity index (χ4v) is 4.06. The van der Waals surface area contributed by atoms with Gasteiger partial charge in [0.05, 0.1) is 25.5 Å². The topological polar surface area (TPSA) is 45.5 Å². The zero-order valence-corrected chi connectivity index (χ0v) is 14.7. The Balaban J connectivity index is 1.36. The van der Waals surface area contributed by atoms with E-state index in [4.69, 9.17) is 19.3 Å². The van der Waals surface area contributed by atoms with Crippen molar-refractivity contribution in [2.75, 3.05) is 26.4 Å². The highest BCUT2D eigenvalue weighted by atomic mass is 32.1. The van der Waals surface area contributed by atoms with Crippen molar-refractivity contribution in [3.63, 3.8) is 0 Å². The van der Waals surface area contributed by atoms with E-state index in [1.54, 1.807) is 11.3 Å². The van der Waals surface area contributed by atoms with Crippen LogP contribution in [0.3, 0.4) is 0 Å². The van der Waals surface area contributed by atoms with E-state index in [2.05, 4.69) is 27.7 Å². The molecule has 5 nitrogen and oxygen atoms in total. The molecule has 0 unspecified atom stereocenters. The third-order valence-corrected chi connectivity index (χ3v) is 5.50. The summed E-state index contributed by atoms with van der Waals surface area (Å²) in [6, 6.07) is 2.10. The zero-order chi connectivity index (χ0) is 16.2. The van der Waals surface area contributed by atoms with Gasteiger partial charge in [0.2, 0.25) is 0 Å². The van der Waals surface area contributed by atoms with Gasteiger partial charge in [-0.15, -0.1) is 0 Å². The highest BCUT2D eigenvalue weighted by Gasteiger charge is 2.26. The average Bonchev–Trinajstić information content (AvgIpc) is 3.25. The van der Waals surface area contributed by atoms with Crippen LogP contribution in [-0.4, -0.2) is 36.2 Å². The molecule has 4 rings (SSSR count). The molecule has 2 aromatic heterocycles. The van der Waals surface area contributed by atoms with E-state index in [1.807, 2.05) is 0 Å². The van der Waals surface area contributed by atoms with E-state index < -0.39 is 0 Å². The number of ether oxygens (including phenoxy) is 3. The van der Waals surface area contributed by atoms with Gasteiger partial charge in [0.1, 0.15) is 6.10 Å². The molecule has 2 aliphatic rings. The van der Waals surface area contributed by atoms with Gasteiger partial charge in [-0.2, -0.15) is 16.4 Å². The number of fused-ring (bicyclic) bond motifs is 1. The molecule has 0 bridgehead atoms. The summed E-state index contributed by atoms with van der Waals surface area (Å²) in [7, 11) is 0. The molecule has 1 atom stereocenters. The molecular formula is C18H24N2O3S. The Kier molecular flexibility index (Phi) is 5.27. The van der Waals surface area contributed by atoms with Crippen LogP contribution in [0.1, 0.15) is 35.8 Å². The van der Waals surface area contributed by atoms with Crippen LogP contribution in [-0.2, 0) is 33.8 Å². The third-order valence-electron chi connectivity index (χ3n) is 4.77. The van der Waals surface area contributed by atoms with Crippen LogP contribution in [0.2, 0.25) is 0 Å². The van der Waals surface area contributed by atoms with Crippen LogP contribution in [0.25, 0.3) is 0 Å². The molecule has 2 aliphatic heterocycles. The zero-order valence-electron chi connectivity index (χ0n) is 13.9. The van der Waals surface area contributed by atoms with E-state index in [0.29, 0.717) is 19.1 Å². The molecule has 4 heterocycles. The lowest BCUT2D eigenvalue weighted by Crippen LogP contribution is -2.21. The van der Waals surface area contributed by atoms with Gasteiger partial charge in [-0.1, -0.05) is 0 Å². The first-order valence-corrected chi connectivity index (χ1v) is 9.67. The second-order valence-corrected chi connectivity index (χ2v) is 7.35. The lowest BCUT2D eigenvalue weighted by Gasteiger charge is -2.22. The predicted octanol–water partition coefficient (Wildman–Crippen LogP) is 3.20. The molecule has 24 heavy (non-hydrogen) atoms. The molecule has 0 aliphatic carbocycles. The van der Waals surface area contributed by atoms with Gasteiger partial charge in [0.25, 0.3) is 0 Å². The van der Waals surface area contributed by atoms with Crippen molar-refractivity contribution in [1.82, 2.24) is 9.78 Å². The van der Waals surface area contributed by atoms with Gasteiger partial charge in [0.15, 0.2) is 0 Å². The van der Waals surface area contributed by atoms with E-state index in [1.165, 1.54) is 11.1 Å². The van der Waals surface area contributed by atoms with Gasteiger partial charge >= 0.3 is 0 Å². The SMILES string of the molecule is c1cc(COC[C@@H]2OCCc3cn(CC4CCOCC4)nc32)cs1. The Hall–Kier alpha value is -1.21. The smallest absolute Gasteiger partial charge is 0.125 e. The Morgan fingerprint density at radius 3 is 3.04 bits per heavy atom. The maximum absolute atomic E-state index is 5.91. The first-order chi connectivity index (χ1) is 11.9. The number of hydrogen-bond donors (Lipinski definition) is 0. The van der Waals surface area contributed by atoms with E-state index >= 15 is 0 Å². The summed E-state index contributed by atoms with van der Waals surface area (Å²) in [5, 5.41) is 9.01. The molecule has 0 aromatic carbocycles. The van der Waals surface area contributed by atoms with Crippen LogP contribution in [0, 0.1) is 5.92 Å². The lowest BCUT2D eigenvalue weighted by atomic mass is 10.0. The van der Waals surface area contributed by atoms with Crippen LogP contribution >= 0.6 is 11.3 Å². The van der Waals surface area contributed by atoms with E-state index in [9.17, 15) is 0 Å². The summed E-state index contributed by atoms with van der Waals surface area (Å²) in [5.41, 5.74) is 3.61. The Labute approximate surface area is 146 Å². The number of rotatable bonds is 6. The molecule has 0 spiro atoms. The third kappa shape index (κ3) is 3.88. The van der Waals surface area contributed by atoms with E-state index in [0.717, 1.165) is 51.3 Å². The summed E-state index contributed by atoms with van der Waals surface area (Å²) in [6.45, 7) is 4.71. The fraction of sp³-hybridized carbons (Fsp3) is 0.611. The first kappa shape index (κ1) is 16.3. The molecule has 0 amide bonds. The average molecular weight is 348 g/mol. The molecule has 130 valence electrons. The number of nitrogens with zero attached hydrogens (tertiary/aromatic N) is 2. The van der Waals surface area contributed by atoms with Crippen molar-refractivity contribution >= 4 is 11.3 Å². The van der Waals surface area contributed by atoms with E-state index in [-0.39, 0.29) is 6.10 Å². The second kappa shape index (κ2) is 7.78. The van der Waals surface area contributed by atoms with Crippen LogP contribution in [0.4, 0.5) is 0 Å². The van der Waals surface area contributed by atoms with Crippen molar-refractivity contribution in [3.05, 3.63) is 39.8 Å². The molecular weight excluding hydrogens is 324 g/mol. The van der Waals surface area contributed by atoms with Gasteiger partial charge in [-0.3, -0.25) is 4.68 Å². The Bertz CT molecular complexity index is 635. The van der Waals surface area contributed by atoms with Gasteiger partial charge in [-0.05, 0) is 53.1 Å². The molecule has 1 fully saturated rings. The summed E-state index contributed by atoms with van der Waals surface area (Å²) >= 11 is 1.70. The van der Waals surface area contributed by atoms with Gasteiger partial charge in [-0.25, -0.2) is 0 Å². The van der Waals surface area contributed by atoms with Crippen molar-refractivity contribution in [2.24, 2.45) is 5.92 Å². The molecule has 2 aromatic rings. The monoisotopic (exact) mass is 348 g/mol. The van der Waals surface area contributed by atoms with Crippen molar-refractivity contribution < 1.29 is 14.2 Å². The minimum Gasteiger partial charge on any atom is -0.381 e. The molecule has 0 saturated carbocycles. The van der Waals surface area contributed by atoms with Crippen LogP contribution in [0.5, 0.6) is 0 Å². The minimum atomic E-state index is -0.0386. The Morgan fingerprint density at radius 1 is 1.29 bits per heavy atom. The number of thiophene rings is 1. The van der Waals surface area contributed by atoms with Gasteiger partial charge < -0.3 is 14.2 Å². The van der Waals surface area contributed by atoms with Crippen molar-refractivity contribution in [1.29, 1.82) is 0 Å². The second-order valence-electron chi connectivity index (χ2n) is 6.57.